The third kappa shape index (κ3) is 7.81. The summed E-state index contributed by atoms with van der Waals surface area (Å²) in [6, 6.07) is 6.97. The van der Waals surface area contributed by atoms with E-state index in [1.165, 1.54) is 50.5 Å². The van der Waals surface area contributed by atoms with Crippen LogP contribution in [0.5, 0.6) is 5.75 Å². The minimum atomic E-state index is -2.74. The molecule has 0 spiro atoms. The Bertz CT molecular complexity index is 322. The highest BCUT2D eigenvalue weighted by Gasteiger charge is 2.03. The van der Waals surface area contributed by atoms with Crippen LogP contribution in [-0.2, 0) is 6.42 Å². The molecule has 0 aliphatic heterocycles. The van der Waals surface area contributed by atoms with E-state index < -0.39 is 6.61 Å². The van der Waals surface area contributed by atoms with Gasteiger partial charge in [0.2, 0.25) is 0 Å². The van der Waals surface area contributed by atoms with Crippen LogP contribution < -0.4 is 4.74 Å². The fourth-order valence-corrected chi connectivity index (χ4v) is 2.12. The number of rotatable bonds is 10. The first kappa shape index (κ1) is 15.9. The van der Waals surface area contributed by atoms with Crippen molar-refractivity contribution in [2.75, 3.05) is 0 Å². The molecule has 0 aliphatic rings. The summed E-state index contributed by atoms with van der Waals surface area (Å²) in [7, 11) is 0. The Kier molecular flexibility index (Phi) is 8.19. The standard InChI is InChI=1S/C16H24F2O/c1-2-3-4-5-6-7-8-9-14-10-12-15(13-11-14)19-16(17)18/h10-13,16H,2-9H2,1H3. The van der Waals surface area contributed by atoms with Gasteiger partial charge in [-0.15, -0.1) is 0 Å². The first-order valence-corrected chi connectivity index (χ1v) is 7.26. The van der Waals surface area contributed by atoms with Crippen LogP contribution in [-0.4, -0.2) is 6.61 Å². The Labute approximate surface area is 115 Å². The number of ether oxygens (including phenoxy) is 1. The second kappa shape index (κ2) is 9.76. The van der Waals surface area contributed by atoms with Gasteiger partial charge in [-0.2, -0.15) is 8.78 Å². The van der Waals surface area contributed by atoms with Crippen LogP contribution in [0.2, 0.25) is 0 Å². The maximum absolute atomic E-state index is 12.0. The van der Waals surface area contributed by atoms with Crippen molar-refractivity contribution in [3.63, 3.8) is 0 Å². The molecule has 0 aliphatic carbocycles. The van der Waals surface area contributed by atoms with E-state index in [9.17, 15) is 8.78 Å². The van der Waals surface area contributed by atoms with Crippen molar-refractivity contribution in [1.82, 2.24) is 0 Å². The minimum Gasteiger partial charge on any atom is -0.435 e. The van der Waals surface area contributed by atoms with E-state index in [4.69, 9.17) is 0 Å². The molecule has 108 valence electrons. The van der Waals surface area contributed by atoms with Gasteiger partial charge in [-0.1, -0.05) is 57.6 Å². The molecule has 0 aromatic heterocycles. The average molecular weight is 270 g/mol. The van der Waals surface area contributed by atoms with Gasteiger partial charge in [0.15, 0.2) is 0 Å². The molecular weight excluding hydrogens is 246 g/mol. The van der Waals surface area contributed by atoms with Crippen molar-refractivity contribution in [2.24, 2.45) is 0 Å². The molecule has 0 radical (unpaired) electrons. The molecule has 1 aromatic carbocycles. The van der Waals surface area contributed by atoms with Gasteiger partial charge in [0.1, 0.15) is 5.75 Å². The van der Waals surface area contributed by atoms with Gasteiger partial charge in [0.05, 0.1) is 0 Å². The molecular formula is C16H24F2O. The molecule has 0 saturated heterocycles. The van der Waals surface area contributed by atoms with Crippen LogP contribution >= 0.6 is 0 Å². The third-order valence-corrected chi connectivity index (χ3v) is 3.22. The largest absolute Gasteiger partial charge is 0.435 e. The monoisotopic (exact) mass is 270 g/mol. The summed E-state index contributed by atoms with van der Waals surface area (Å²) in [6.45, 7) is -0.518. The summed E-state index contributed by atoms with van der Waals surface area (Å²) < 4.78 is 28.3. The zero-order chi connectivity index (χ0) is 13.9. The van der Waals surface area contributed by atoms with Crippen LogP contribution in [0, 0.1) is 0 Å². The number of hydrogen-bond donors (Lipinski definition) is 0. The van der Waals surface area contributed by atoms with Gasteiger partial charge in [-0.3, -0.25) is 0 Å². The summed E-state index contributed by atoms with van der Waals surface area (Å²) in [5, 5.41) is 0. The number of aryl methyl sites for hydroxylation is 1. The van der Waals surface area contributed by atoms with Crippen molar-refractivity contribution >= 4 is 0 Å². The van der Waals surface area contributed by atoms with E-state index in [1.54, 1.807) is 12.1 Å². The van der Waals surface area contributed by atoms with Crippen LogP contribution in [0.25, 0.3) is 0 Å². The second-order valence-electron chi connectivity index (χ2n) is 4.89. The highest BCUT2D eigenvalue weighted by molar-refractivity contribution is 5.27. The number of halogens is 2. The Hall–Kier alpha value is -1.12. The summed E-state index contributed by atoms with van der Waals surface area (Å²) in [5.74, 6) is 0.235. The molecule has 3 heteroatoms. The van der Waals surface area contributed by atoms with Gasteiger partial charge in [-0.05, 0) is 30.5 Å². The van der Waals surface area contributed by atoms with Crippen LogP contribution in [0.1, 0.15) is 57.4 Å². The topological polar surface area (TPSA) is 9.23 Å². The Morgan fingerprint density at radius 3 is 2.05 bits per heavy atom. The van der Waals surface area contributed by atoms with Gasteiger partial charge in [0.25, 0.3) is 0 Å². The molecule has 19 heavy (non-hydrogen) atoms. The Morgan fingerprint density at radius 1 is 0.895 bits per heavy atom. The van der Waals surface area contributed by atoms with Crippen LogP contribution in [0.4, 0.5) is 8.78 Å². The molecule has 1 nitrogen and oxygen atoms in total. The predicted octanol–water partition coefficient (Wildman–Crippen LogP) is 5.58. The van der Waals surface area contributed by atoms with E-state index in [2.05, 4.69) is 11.7 Å². The fraction of sp³-hybridized carbons (Fsp3) is 0.625. The van der Waals surface area contributed by atoms with Crippen LogP contribution in [0.15, 0.2) is 24.3 Å². The van der Waals surface area contributed by atoms with Gasteiger partial charge < -0.3 is 4.74 Å². The number of unbranched alkanes of at least 4 members (excludes halogenated alkanes) is 6. The number of benzene rings is 1. The second-order valence-corrected chi connectivity index (χ2v) is 4.89. The zero-order valence-corrected chi connectivity index (χ0v) is 11.7. The molecule has 0 saturated carbocycles. The van der Waals surface area contributed by atoms with Crippen molar-refractivity contribution in [3.8, 4) is 5.75 Å². The maximum atomic E-state index is 12.0. The van der Waals surface area contributed by atoms with E-state index in [-0.39, 0.29) is 5.75 Å². The quantitative estimate of drug-likeness (QED) is 0.504. The van der Waals surface area contributed by atoms with E-state index in [0.717, 1.165) is 6.42 Å². The van der Waals surface area contributed by atoms with E-state index >= 15 is 0 Å². The lowest BCUT2D eigenvalue weighted by atomic mass is 10.0. The molecule has 0 atom stereocenters. The molecule has 0 fully saturated rings. The fourth-order valence-electron chi connectivity index (χ4n) is 2.12. The van der Waals surface area contributed by atoms with Crippen molar-refractivity contribution in [1.29, 1.82) is 0 Å². The Balaban J connectivity index is 2.12. The molecule has 1 aromatic rings. The lowest BCUT2D eigenvalue weighted by molar-refractivity contribution is -0.0498. The molecule has 0 amide bonds. The first-order chi connectivity index (χ1) is 9.22. The third-order valence-electron chi connectivity index (χ3n) is 3.22. The molecule has 0 heterocycles. The number of alkyl halides is 2. The lowest BCUT2D eigenvalue weighted by Crippen LogP contribution is -2.01. The zero-order valence-electron chi connectivity index (χ0n) is 11.7. The normalized spacial score (nSPS) is 10.9. The minimum absolute atomic E-state index is 0.235. The first-order valence-electron chi connectivity index (χ1n) is 7.26. The van der Waals surface area contributed by atoms with Crippen LogP contribution in [0.3, 0.4) is 0 Å². The maximum Gasteiger partial charge on any atom is 0.387 e. The average Bonchev–Trinajstić information content (AvgIpc) is 2.39. The molecule has 1 rings (SSSR count). The van der Waals surface area contributed by atoms with Crippen molar-refractivity contribution in [2.45, 2.75) is 64.9 Å². The van der Waals surface area contributed by atoms with Crippen molar-refractivity contribution in [3.05, 3.63) is 29.8 Å². The molecule has 0 N–H and O–H groups in total. The van der Waals surface area contributed by atoms with E-state index in [1.807, 2.05) is 12.1 Å². The van der Waals surface area contributed by atoms with Crippen molar-refractivity contribution < 1.29 is 13.5 Å². The molecule has 0 bridgehead atoms. The smallest absolute Gasteiger partial charge is 0.387 e. The highest BCUT2D eigenvalue weighted by Crippen LogP contribution is 2.16. The molecule has 0 unspecified atom stereocenters. The van der Waals surface area contributed by atoms with E-state index in [0.29, 0.717) is 0 Å². The summed E-state index contributed by atoms with van der Waals surface area (Å²) in [6.07, 6.45) is 10.0. The number of hydrogen-bond acceptors (Lipinski definition) is 1. The lowest BCUT2D eigenvalue weighted by Gasteiger charge is -2.06. The Morgan fingerprint density at radius 2 is 1.47 bits per heavy atom. The highest BCUT2D eigenvalue weighted by atomic mass is 19.3. The summed E-state index contributed by atoms with van der Waals surface area (Å²) >= 11 is 0. The van der Waals surface area contributed by atoms with Gasteiger partial charge in [0, 0.05) is 0 Å². The van der Waals surface area contributed by atoms with Gasteiger partial charge >= 0.3 is 6.61 Å². The SMILES string of the molecule is CCCCCCCCCc1ccc(OC(F)F)cc1. The predicted molar refractivity (Wildman–Crippen MR) is 74.8 cm³/mol. The van der Waals surface area contributed by atoms with Gasteiger partial charge in [-0.25, -0.2) is 0 Å². The summed E-state index contributed by atoms with van der Waals surface area (Å²) in [5.41, 5.74) is 1.19. The summed E-state index contributed by atoms with van der Waals surface area (Å²) in [4.78, 5) is 0.